The van der Waals surface area contributed by atoms with Gasteiger partial charge >= 0.3 is 0 Å². The predicted octanol–water partition coefficient (Wildman–Crippen LogP) is 13.7. The molecule has 4 heterocycles. The smallest absolute Gasteiger partial charge is 0.138 e. The van der Waals surface area contributed by atoms with Crippen LogP contribution in [0.2, 0.25) is 0 Å². The van der Waals surface area contributed by atoms with Crippen molar-refractivity contribution in [1.82, 2.24) is 18.7 Å². The van der Waals surface area contributed by atoms with Crippen LogP contribution >= 0.6 is 0 Å². The van der Waals surface area contributed by atoms with Gasteiger partial charge in [-0.15, -0.1) is 0 Å². The lowest BCUT2D eigenvalue weighted by molar-refractivity contribution is 1.08. The Morgan fingerprint density at radius 3 is 1.46 bits per heavy atom. The standard InChI is InChI=1S/C53H34N4/c1-3-15-35(16-4-1)46-24-14-28-53(54-46)57-49-27-12-9-23-42(49)45-33-44-41-22-8-11-26-48(41)56(51(44)34-52(45)57)39-20-13-17-36(31-39)37-29-30-50-43(32-37)40-21-7-10-25-47(40)55(50)38-18-5-2-6-19-38/h1-34H. The number of fused-ring (bicyclic) bond motifs is 9. The summed E-state index contributed by atoms with van der Waals surface area (Å²) in [6.07, 6.45) is 0. The van der Waals surface area contributed by atoms with Crippen LogP contribution < -0.4 is 0 Å². The lowest BCUT2D eigenvalue weighted by atomic mass is 10.0. The van der Waals surface area contributed by atoms with E-state index < -0.39 is 0 Å². The van der Waals surface area contributed by atoms with Gasteiger partial charge < -0.3 is 9.13 Å². The number of aromatic nitrogens is 4. The second kappa shape index (κ2) is 12.4. The zero-order valence-corrected chi connectivity index (χ0v) is 30.9. The Balaban J connectivity index is 1.07. The third-order valence-electron chi connectivity index (χ3n) is 11.6. The van der Waals surface area contributed by atoms with Crippen LogP contribution in [0.1, 0.15) is 0 Å². The van der Waals surface area contributed by atoms with Crippen molar-refractivity contribution >= 4 is 65.4 Å². The molecule has 0 amide bonds. The first-order valence-electron chi connectivity index (χ1n) is 19.5. The van der Waals surface area contributed by atoms with Gasteiger partial charge in [0.25, 0.3) is 0 Å². The summed E-state index contributed by atoms with van der Waals surface area (Å²) in [6, 6.07) is 74.3. The van der Waals surface area contributed by atoms with E-state index in [4.69, 9.17) is 4.98 Å². The maximum atomic E-state index is 5.25. The highest BCUT2D eigenvalue weighted by molar-refractivity contribution is 6.19. The van der Waals surface area contributed by atoms with E-state index in [-0.39, 0.29) is 0 Å². The van der Waals surface area contributed by atoms with E-state index >= 15 is 0 Å². The van der Waals surface area contributed by atoms with Gasteiger partial charge in [0.15, 0.2) is 0 Å². The van der Waals surface area contributed by atoms with Gasteiger partial charge in [0.1, 0.15) is 5.82 Å². The summed E-state index contributed by atoms with van der Waals surface area (Å²) in [4.78, 5) is 5.25. The van der Waals surface area contributed by atoms with Crippen molar-refractivity contribution in [2.45, 2.75) is 0 Å². The van der Waals surface area contributed by atoms with Crippen LogP contribution in [0.4, 0.5) is 0 Å². The number of pyridine rings is 1. The fraction of sp³-hybridized carbons (Fsp3) is 0. The second-order valence-electron chi connectivity index (χ2n) is 14.8. The van der Waals surface area contributed by atoms with Crippen molar-refractivity contribution in [3.63, 3.8) is 0 Å². The predicted molar refractivity (Wildman–Crippen MR) is 238 cm³/mol. The summed E-state index contributed by atoms with van der Waals surface area (Å²) < 4.78 is 7.13. The minimum atomic E-state index is 0.899. The molecule has 0 bridgehead atoms. The summed E-state index contributed by atoms with van der Waals surface area (Å²) >= 11 is 0. The summed E-state index contributed by atoms with van der Waals surface area (Å²) in [5.74, 6) is 0.899. The molecule has 12 rings (SSSR count). The van der Waals surface area contributed by atoms with E-state index in [9.17, 15) is 0 Å². The summed E-state index contributed by atoms with van der Waals surface area (Å²) in [6.45, 7) is 0. The molecule has 0 saturated carbocycles. The van der Waals surface area contributed by atoms with E-state index in [2.05, 4.69) is 214 Å². The molecular formula is C53H34N4. The summed E-state index contributed by atoms with van der Waals surface area (Å²) in [5.41, 5.74) is 13.7. The monoisotopic (exact) mass is 726 g/mol. The van der Waals surface area contributed by atoms with Crippen LogP contribution in [0.5, 0.6) is 0 Å². The zero-order valence-electron chi connectivity index (χ0n) is 30.9. The first kappa shape index (κ1) is 31.6. The Hall–Kier alpha value is -7.69. The number of rotatable bonds is 5. The quantitative estimate of drug-likeness (QED) is 0.174. The van der Waals surface area contributed by atoms with Crippen molar-refractivity contribution in [2.75, 3.05) is 0 Å². The van der Waals surface area contributed by atoms with Crippen molar-refractivity contribution in [2.24, 2.45) is 0 Å². The molecule has 57 heavy (non-hydrogen) atoms. The molecule has 0 spiro atoms. The number of hydrogen-bond acceptors (Lipinski definition) is 1. The summed E-state index contributed by atoms with van der Waals surface area (Å²) in [7, 11) is 0. The molecule has 0 atom stereocenters. The van der Waals surface area contributed by atoms with Crippen molar-refractivity contribution in [1.29, 1.82) is 0 Å². The van der Waals surface area contributed by atoms with E-state index in [1.165, 1.54) is 60.0 Å². The Bertz CT molecular complexity index is 3510. The van der Waals surface area contributed by atoms with Crippen molar-refractivity contribution in [3.05, 3.63) is 206 Å². The molecule has 0 aliphatic rings. The molecular weight excluding hydrogens is 693 g/mol. The Kier molecular flexibility index (Phi) is 6.89. The van der Waals surface area contributed by atoms with Gasteiger partial charge in [-0.25, -0.2) is 4.98 Å². The summed E-state index contributed by atoms with van der Waals surface area (Å²) in [5, 5.41) is 7.38. The van der Waals surface area contributed by atoms with Crippen LogP contribution in [0, 0.1) is 0 Å². The lowest BCUT2D eigenvalue weighted by Crippen LogP contribution is -1.99. The van der Waals surface area contributed by atoms with Gasteiger partial charge in [0.05, 0.1) is 38.8 Å². The maximum Gasteiger partial charge on any atom is 0.138 e. The van der Waals surface area contributed by atoms with Crippen molar-refractivity contribution in [3.8, 4) is 39.6 Å². The molecule has 0 fully saturated rings. The first-order valence-corrected chi connectivity index (χ1v) is 19.5. The van der Waals surface area contributed by atoms with Gasteiger partial charge in [-0.3, -0.25) is 4.57 Å². The first-order chi connectivity index (χ1) is 28.3. The molecule has 4 nitrogen and oxygen atoms in total. The Labute approximate surface area is 328 Å². The SMILES string of the molecule is c1ccc(-c2cccc(-n3c4ccccc4c4cc5c6ccccc6n(-c6cccc(-c7ccc8c(c7)c7ccccc7n8-c7ccccc7)c6)c5cc43)n2)cc1. The normalized spacial score (nSPS) is 11.9. The third kappa shape index (κ3) is 4.84. The average Bonchev–Trinajstić information content (AvgIpc) is 3.91. The van der Waals surface area contributed by atoms with E-state index in [0.717, 1.165) is 45.0 Å². The maximum absolute atomic E-state index is 5.25. The number of benzene rings is 8. The minimum Gasteiger partial charge on any atom is -0.309 e. The Morgan fingerprint density at radius 1 is 0.263 bits per heavy atom. The van der Waals surface area contributed by atoms with Crippen LogP contribution in [-0.4, -0.2) is 18.7 Å². The molecule has 4 aromatic heterocycles. The Morgan fingerprint density at radius 2 is 0.754 bits per heavy atom. The molecule has 0 aliphatic carbocycles. The topological polar surface area (TPSA) is 27.7 Å². The second-order valence-corrected chi connectivity index (χ2v) is 14.8. The van der Waals surface area contributed by atoms with Crippen molar-refractivity contribution < 1.29 is 0 Å². The molecule has 4 heteroatoms. The van der Waals surface area contributed by atoms with Crippen LogP contribution in [-0.2, 0) is 0 Å². The van der Waals surface area contributed by atoms with E-state index in [0.29, 0.717) is 0 Å². The highest BCUT2D eigenvalue weighted by Gasteiger charge is 2.20. The molecule has 266 valence electrons. The van der Waals surface area contributed by atoms with Gasteiger partial charge in [-0.2, -0.15) is 0 Å². The molecule has 0 radical (unpaired) electrons. The highest BCUT2D eigenvalue weighted by Crippen LogP contribution is 2.41. The van der Waals surface area contributed by atoms with Crippen LogP contribution in [0.15, 0.2) is 206 Å². The van der Waals surface area contributed by atoms with E-state index in [1.807, 2.05) is 6.07 Å². The molecule has 8 aromatic carbocycles. The van der Waals surface area contributed by atoms with Crippen LogP contribution in [0.25, 0.3) is 105 Å². The van der Waals surface area contributed by atoms with Crippen LogP contribution in [0.3, 0.4) is 0 Å². The van der Waals surface area contributed by atoms with Gasteiger partial charge in [0.2, 0.25) is 0 Å². The van der Waals surface area contributed by atoms with Gasteiger partial charge in [-0.05, 0) is 90.0 Å². The number of nitrogens with zero attached hydrogens (tertiary/aromatic N) is 4. The lowest BCUT2D eigenvalue weighted by Gasteiger charge is -2.12. The molecule has 0 saturated heterocycles. The fourth-order valence-electron chi connectivity index (χ4n) is 9.11. The van der Waals surface area contributed by atoms with Gasteiger partial charge in [0, 0.05) is 49.3 Å². The number of para-hydroxylation sites is 4. The zero-order chi connectivity index (χ0) is 37.5. The molecule has 0 N–H and O–H groups in total. The minimum absolute atomic E-state index is 0.899. The molecule has 0 unspecified atom stereocenters. The fourth-order valence-corrected chi connectivity index (χ4v) is 9.11. The van der Waals surface area contributed by atoms with E-state index in [1.54, 1.807) is 0 Å². The third-order valence-corrected chi connectivity index (χ3v) is 11.6. The average molecular weight is 727 g/mol. The number of hydrogen-bond donors (Lipinski definition) is 0. The highest BCUT2D eigenvalue weighted by atomic mass is 15.1. The molecule has 12 aromatic rings. The molecule has 0 aliphatic heterocycles. The largest absolute Gasteiger partial charge is 0.309 e. The van der Waals surface area contributed by atoms with Gasteiger partial charge in [-0.1, -0.05) is 127 Å².